The van der Waals surface area contributed by atoms with Crippen molar-refractivity contribution in [3.05, 3.63) is 24.3 Å². The van der Waals surface area contributed by atoms with Gasteiger partial charge in [-0.2, -0.15) is 0 Å². The van der Waals surface area contributed by atoms with Crippen LogP contribution >= 0.6 is 0 Å². The summed E-state index contributed by atoms with van der Waals surface area (Å²) in [6, 6.07) is 8.89. The molecule has 0 radical (unpaired) electrons. The lowest BCUT2D eigenvalue weighted by atomic mass is 9.90. The van der Waals surface area contributed by atoms with E-state index in [4.69, 9.17) is 9.47 Å². The number of likely N-dealkylation sites (tertiary alicyclic amines) is 1. The number of benzene rings is 1. The number of hydrogen-bond donors (Lipinski definition) is 0. The molecule has 160 valence electrons. The number of carbonyl (C=O) groups is 1. The van der Waals surface area contributed by atoms with Crippen LogP contribution in [0.4, 0.5) is 5.69 Å². The highest BCUT2D eigenvalue weighted by molar-refractivity contribution is 5.91. The Hall–Kier alpha value is -1.63. The molecule has 6 heteroatoms. The molecule has 0 unspecified atom stereocenters. The van der Waals surface area contributed by atoms with Gasteiger partial charge in [-0.3, -0.25) is 9.69 Å². The van der Waals surface area contributed by atoms with Gasteiger partial charge in [0.25, 0.3) is 0 Å². The minimum atomic E-state index is 0.0790. The number of rotatable bonds is 7. The van der Waals surface area contributed by atoms with Crippen LogP contribution in [0.3, 0.4) is 0 Å². The van der Waals surface area contributed by atoms with Gasteiger partial charge in [-0.1, -0.05) is 6.42 Å². The zero-order valence-corrected chi connectivity index (χ0v) is 17.7. The molecule has 6 nitrogen and oxygen atoms in total. The summed E-state index contributed by atoms with van der Waals surface area (Å²) < 4.78 is 11.6. The van der Waals surface area contributed by atoms with E-state index in [1.807, 2.05) is 29.2 Å². The Morgan fingerprint density at radius 1 is 1.07 bits per heavy atom. The molecule has 2 saturated heterocycles. The lowest BCUT2D eigenvalue weighted by Crippen LogP contribution is -2.46. The maximum atomic E-state index is 12.2. The second-order valence-electron chi connectivity index (χ2n) is 8.56. The summed E-state index contributed by atoms with van der Waals surface area (Å²) in [5.74, 6) is 0.989. The largest absolute Gasteiger partial charge is 0.490 e. The molecule has 1 amide bonds. The van der Waals surface area contributed by atoms with Gasteiger partial charge in [0.1, 0.15) is 11.9 Å². The topological polar surface area (TPSA) is 45.3 Å². The predicted octanol–water partition coefficient (Wildman–Crippen LogP) is 2.77. The Balaban J connectivity index is 1.27. The number of morpholine rings is 1. The van der Waals surface area contributed by atoms with E-state index in [-0.39, 0.29) is 5.91 Å². The molecule has 0 atom stereocenters. The summed E-state index contributed by atoms with van der Waals surface area (Å²) in [5.41, 5.74) is 0.943. The Kier molecular flexibility index (Phi) is 7.06. The van der Waals surface area contributed by atoms with Gasteiger partial charge in [-0.25, -0.2) is 0 Å². The van der Waals surface area contributed by atoms with E-state index in [0.29, 0.717) is 12.6 Å². The van der Waals surface area contributed by atoms with E-state index >= 15 is 0 Å². The van der Waals surface area contributed by atoms with Crippen LogP contribution in [0, 0.1) is 0 Å². The predicted molar refractivity (Wildman–Crippen MR) is 115 cm³/mol. The van der Waals surface area contributed by atoms with Crippen LogP contribution < -0.4 is 9.64 Å². The number of ether oxygens (including phenoxy) is 2. The van der Waals surface area contributed by atoms with E-state index in [0.717, 1.165) is 76.3 Å². The fourth-order valence-corrected chi connectivity index (χ4v) is 4.54. The van der Waals surface area contributed by atoms with Crippen molar-refractivity contribution in [3.8, 4) is 5.75 Å². The van der Waals surface area contributed by atoms with Crippen LogP contribution in [-0.4, -0.2) is 80.3 Å². The molecular formula is C23H35N3O3. The SMILES string of the molecule is CC(=O)N(CCN1CCOCC1)c1ccc(OC2CCN(C3CCC3)CC2)cc1. The molecule has 4 rings (SSSR count). The Bertz CT molecular complexity index is 648. The van der Waals surface area contributed by atoms with E-state index in [2.05, 4.69) is 9.80 Å². The van der Waals surface area contributed by atoms with Crippen LogP contribution in [0.2, 0.25) is 0 Å². The molecular weight excluding hydrogens is 366 g/mol. The standard InChI is InChI=1S/C23H35N3O3/c1-19(27)26(14-13-24-15-17-28-18-16-24)21-5-7-22(8-6-21)29-23-9-11-25(12-10-23)20-3-2-4-20/h5-8,20,23H,2-4,9-18H2,1H3. The van der Waals surface area contributed by atoms with Gasteiger partial charge in [0.05, 0.1) is 13.2 Å². The quantitative estimate of drug-likeness (QED) is 0.703. The third-order valence-electron chi connectivity index (χ3n) is 6.64. The first-order valence-corrected chi connectivity index (χ1v) is 11.3. The lowest BCUT2D eigenvalue weighted by molar-refractivity contribution is -0.116. The van der Waals surface area contributed by atoms with Crippen LogP contribution in [0.5, 0.6) is 5.75 Å². The number of anilines is 1. The highest BCUT2D eigenvalue weighted by Crippen LogP contribution is 2.29. The molecule has 2 aliphatic heterocycles. The Morgan fingerprint density at radius 2 is 1.76 bits per heavy atom. The van der Waals surface area contributed by atoms with Gasteiger partial charge in [0.15, 0.2) is 0 Å². The van der Waals surface area contributed by atoms with Crippen molar-refractivity contribution in [2.24, 2.45) is 0 Å². The maximum Gasteiger partial charge on any atom is 0.223 e. The van der Waals surface area contributed by atoms with Crippen molar-refractivity contribution in [1.82, 2.24) is 9.80 Å². The second kappa shape index (κ2) is 9.92. The number of piperidine rings is 1. The van der Waals surface area contributed by atoms with Gasteiger partial charge in [-0.05, 0) is 49.9 Å². The summed E-state index contributed by atoms with van der Waals surface area (Å²) in [5, 5.41) is 0. The fourth-order valence-electron chi connectivity index (χ4n) is 4.54. The van der Waals surface area contributed by atoms with Crippen LogP contribution in [-0.2, 0) is 9.53 Å². The first kappa shape index (κ1) is 20.6. The number of carbonyl (C=O) groups excluding carboxylic acids is 1. The van der Waals surface area contributed by atoms with Crippen LogP contribution in [0.25, 0.3) is 0 Å². The number of nitrogens with zero attached hydrogens (tertiary/aromatic N) is 3. The van der Waals surface area contributed by atoms with Crippen molar-refractivity contribution >= 4 is 11.6 Å². The highest BCUT2D eigenvalue weighted by Gasteiger charge is 2.29. The first-order valence-electron chi connectivity index (χ1n) is 11.3. The molecule has 1 aromatic rings. The van der Waals surface area contributed by atoms with Gasteiger partial charge in [0, 0.05) is 57.9 Å². The average Bonchev–Trinajstić information content (AvgIpc) is 2.70. The molecule has 3 aliphatic rings. The van der Waals surface area contributed by atoms with Gasteiger partial charge >= 0.3 is 0 Å². The molecule has 0 spiro atoms. The minimum Gasteiger partial charge on any atom is -0.490 e. The zero-order chi connectivity index (χ0) is 20.1. The van der Waals surface area contributed by atoms with Crippen LogP contribution in [0.15, 0.2) is 24.3 Å². The molecule has 3 fully saturated rings. The van der Waals surface area contributed by atoms with Gasteiger partial charge in [-0.15, -0.1) is 0 Å². The van der Waals surface area contributed by atoms with Gasteiger partial charge in [0.2, 0.25) is 5.91 Å². The Morgan fingerprint density at radius 3 is 2.34 bits per heavy atom. The molecule has 1 aromatic carbocycles. The molecule has 1 saturated carbocycles. The molecule has 1 aliphatic carbocycles. The highest BCUT2D eigenvalue weighted by atomic mass is 16.5. The monoisotopic (exact) mass is 401 g/mol. The third kappa shape index (κ3) is 5.50. The van der Waals surface area contributed by atoms with Crippen molar-refractivity contribution in [3.63, 3.8) is 0 Å². The van der Waals surface area contributed by atoms with Gasteiger partial charge < -0.3 is 19.3 Å². The maximum absolute atomic E-state index is 12.2. The minimum absolute atomic E-state index is 0.0790. The Labute approximate surface area is 174 Å². The van der Waals surface area contributed by atoms with Crippen molar-refractivity contribution in [1.29, 1.82) is 0 Å². The zero-order valence-electron chi connectivity index (χ0n) is 17.7. The summed E-state index contributed by atoms with van der Waals surface area (Å²) in [4.78, 5) is 19.0. The number of hydrogen-bond acceptors (Lipinski definition) is 5. The molecule has 0 aromatic heterocycles. The molecule has 2 heterocycles. The second-order valence-corrected chi connectivity index (χ2v) is 8.56. The fraction of sp³-hybridized carbons (Fsp3) is 0.696. The normalized spacial score (nSPS) is 22.2. The summed E-state index contributed by atoms with van der Waals surface area (Å²) in [6.07, 6.45) is 6.69. The summed E-state index contributed by atoms with van der Waals surface area (Å²) in [6.45, 7) is 8.99. The van der Waals surface area contributed by atoms with Crippen molar-refractivity contribution in [2.45, 2.75) is 51.2 Å². The van der Waals surface area contributed by atoms with Crippen molar-refractivity contribution in [2.75, 3.05) is 57.4 Å². The van der Waals surface area contributed by atoms with E-state index in [9.17, 15) is 4.79 Å². The summed E-state index contributed by atoms with van der Waals surface area (Å²) in [7, 11) is 0. The average molecular weight is 402 g/mol. The van der Waals surface area contributed by atoms with E-state index < -0.39 is 0 Å². The van der Waals surface area contributed by atoms with Crippen molar-refractivity contribution < 1.29 is 14.3 Å². The first-order chi connectivity index (χ1) is 14.2. The molecule has 0 N–H and O–H groups in total. The summed E-state index contributed by atoms with van der Waals surface area (Å²) >= 11 is 0. The van der Waals surface area contributed by atoms with E-state index in [1.54, 1.807) is 6.92 Å². The molecule has 0 bridgehead atoms. The third-order valence-corrected chi connectivity index (χ3v) is 6.64. The molecule has 29 heavy (non-hydrogen) atoms. The smallest absolute Gasteiger partial charge is 0.223 e. The van der Waals surface area contributed by atoms with Crippen LogP contribution in [0.1, 0.15) is 39.0 Å². The number of amides is 1. The van der Waals surface area contributed by atoms with E-state index in [1.165, 1.54) is 19.3 Å². The lowest BCUT2D eigenvalue weighted by Gasteiger charge is -2.41.